The van der Waals surface area contributed by atoms with Gasteiger partial charge >= 0.3 is 0 Å². The number of benzene rings is 3. The number of rotatable bonds is 6. The van der Waals surface area contributed by atoms with Crippen molar-refractivity contribution >= 4 is 126 Å². The topological polar surface area (TPSA) is 404 Å². The van der Waals surface area contributed by atoms with Gasteiger partial charge in [-0.1, -0.05) is 36.4 Å². The first-order chi connectivity index (χ1) is 30.6. The average Bonchev–Trinajstić information content (AvgIpc) is 3.23. The van der Waals surface area contributed by atoms with Gasteiger partial charge in [-0.2, -0.15) is 50.5 Å². The first-order valence-electron chi connectivity index (χ1n) is 17.4. The fraction of sp³-hybridized carbons (Fsp3) is 0. The summed E-state index contributed by atoms with van der Waals surface area (Å²) in [5.74, 6) is 0. The maximum Gasteiger partial charge on any atom is 0.295 e. The van der Waals surface area contributed by atoms with E-state index in [4.69, 9.17) is 0 Å². The molecule has 0 unspecified atom stereocenters. The Morgan fingerprint density at radius 1 is 0.239 bits per heavy atom. The van der Waals surface area contributed by atoms with E-state index in [0.717, 1.165) is 73.6 Å². The minimum atomic E-state index is -4.47. The summed E-state index contributed by atoms with van der Waals surface area (Å²) in [4.78, 5) is 21.8. The molecule has 6 aromatic heterocycles. The van der Waals surface area contributed by atoms with Crippen LogP contribution in [0.1, 0.15) is 0 Å². The molecule has 350 valence electrons. The average molecular weight is 1120 g/mol. The largest absolute Gasteiger partial charge is 0.295 e. The van der Waals surface area contributed by atoms with Crippen molar-refractivity contribution in [2.45, 2.75) is 29.4 Å². The Morgan fingerprint density at radius 2 is 0.358 bits per heavy atom. The molecule has 0 aliphatic heterocycles. The molecule has 0 atom stereocenters. The standard InChI is InChI=1S/3C12H8N2O6S2.Ru/c3*15-21(16,17)9-3-5-13-11-7(9)1-2-8-10(22(18,19)20)4-6-14-12(8)11;/h3*1-6H,(H,15,16,17)(H,18,19,20);. The second-order valence-electron chi connectivity index (χ2n) is 13.3. The van der Waals surface area contributed by atoms with Crippen molar-refractivity contribution in [3.63, 3.8) is 0 Å². The van der Waals surface area contributed by atoms with E-state index in [9.17, 15) is 77.8 Å². The summed E-state index contributed by atoms with van der Waals surface area (Å²) in [5.41, 5.74) is 0.573. The van der Waals surface area contributed by atoms with Crippen LogP contribution in [0.3, 0.4) is 0 Å². The molecule has 0 fully saturated rings. The van der Waals surface area contributed by atoms with Gasteiger partial charge in [-0.05, 0) is 36.4 Å². The number of fused-ring (bicyclic) bond motifs is 9. The van der Waals surface area contributed by atoms with Crippen LogP contribution in [0.5, 0.6) is 0 Å². The smallest absolute Gasteiger partial charge is 0.282 e. The normalized spacial score (nSPS) is 12.6. The molecule has 31 heteroatoms. The zero-order chi connectivity index (χ0) is 48.4. The van der Waals surface area contributed by atoms with Crippen LogP contribution < -0.4 is 0 Å². The fourth-order valence-electron chi connectivity index (χ4n) is 6.68. The van der Waals surface area contributed by atoms with Crippen LogP contribution in [0.4, 0.5) is 0 Å². The molecule has 9 rings (SSSR count). The zero-order valence-corrected chi connectivity index (χ0v) is 39.1. The molecule has 24 nitrogen and oxygen atoms in total. The molecule has 0 amide bonds. The van der Waals surface area contributed by atoms with Crippen LogP contribution in [-0.2, 0) is 80.2 Å². The molecule has 3 aromatic carbocycles. The van der Waals surface area contributed by atoms with Crippen LogP contribution in [0.2, 0.25) is 0 Å². The molecule has 0 aliphatic carbocycles. The van der Waals surface area contributed by atoms with Crippen LogP contribution in [-0.4, -0.2) is 108 Å². The number of nitrogens with zero attached hydrogens (tertiary/aromatic N) is 6. The number of hydrogen-bond donors (Lipinski definition) is 6. The number of hydrogen-bond acceptors (Lipinski definition) is 18. The predicted molar refractivity (Wildman–Crippen MR) is 230 cm³/mol. The van der Waals surface area contributed by atoms with Crippen molar-refractivity contribution in [1.29, 1.82) is 0 Å². The van der Waals surface area contributed by atoms with E-state index in [1.54, 1.807) is 0 Å². The Hall–Kier alpha value is -5.80. The van der Waals surface area contributed by atoms with Crippen LogP contribution in [0, 0.1) is 0 Å². The third-order valence-electron chi connectivity index (χ3n) is 9.29. The molecule has 67 heavy (non-hydrogen) atoms. The molecule has 0 saturated heterocycles. The maximum absolute atomic E-state index is 11.4. The summed E-state index contributed by atoms with van der Waals surface area (Å²) < 4.78 is 192. The predicted octanol–water partition coefficient (Wildman–Crippen LogP) is 3.83. The Balaban J connectivity index is 0.000000165. The third-order valence-corrected chi connectivity index (χ3v) is 14.8. The minimum Gasteiger partial charge on any atom is -0.282 e. The molecule has 0 saturated carbocycles. The Bertz CT molecular complexity index is 3540. The van der Waals surface area contributed by atoms with E-state index in [0.29, 0.717) is 0 Å². The van der Waals surface area contributed by atoms with E-state index in [1.807, 2.05) is 0 Å². The van der Waals surface area contributed by atoms with Gasteiger partial charge in [0, 0.05) is 89.0 Å². The molecular formula is C36H24N6O18RuS6. The van der Waals surface area contributed by atoms with Gasteiger partial charge in [-0.15, -0.1) is 0 Å². The van der Waals surface area contributed by atoms with Gasteiger partial charge in [0.05, 0.1) is 33.1 Å². The summed E-state index contributed by atoms with van der Waals surface area (Å²) in [6, 6.07) is 14.5. The van der Waals surface area contributed by atoms with Gasteiger partial charge in [-0.3, -0.25) is 57.2 Å². The van der Waals surface area contributed by atoms with E-state index in [1.165, 1.54) is 36.4 Å². The monoisotopic (exact) mass is 1120 g/mol. The number of pyridine rings is 6. The summed E-state index contributed by atoms with van der Waals surface area (Å²) >= 11 is 0. The Labute approximate surface area is 390 Å². The SMILES string of the molecule is O=S(=O)(O)c1ccnc2c1ccc1c(S(=O)(=O)O)ccnc12.O=S(=O)(O)c1ccnc2c1ccc1c(S(=O)(=O)O)ccnc12.O=S(=O)(O)c1ccnc2c1ccc1c(S(=O)(=O)O)ccnc12.[Ru]. The van der Waals surface area contributed by atoms with Gasteiger partial charge < -0.3 is 0 Å². The molecular weight excluding hydrogens is 1100 g/mol. The second-order valence-corrected chi connectivity index (χ2v) is 21.6. The molecule has 0 aliphatic rings. The second kappa shape index (κ2) is 18.0. The van der Waals surface area contributed by atoms with Crippen molar-refractivity contribution in [1.82, 2.24) is 29.9 Å². The van der Waals surface area contributed by atoms with Crippen molar-refractivity contribution in [2.24, 2.45) is 0 Å². The summed E-state index contributed by atoms with van der Waals surface area (Å²) in [6.45, 7) is 0. The third kappa shape index (κ3) is 10.2. The molecule has 6 heterocycles. The van der Waals surface area contributed by atoms with Crippen molar-refractivity contribution in [2.75, 3.05) is 0 Å². The van der Waals surface area contributed by atoms with Crippen molar-refractivity contribution in [3.05, 3.63) is 110 Å². The Kier molecular flexibility index (Phi) is 13.6. The van der Waals surface area contributed by atoms with Gasteiger partial charge in [0.2, 0.25) is 0 Å². The molecule has 0 radical (unpaired) electrons. The molecule has 6 N–H and O–H groups in total. The van der Waals surface area contributed by atoms with E-state index in [2.05, 4.69) is 29.9 Å². The molecule has 0 spiro atoms. The first-order valence-corrected chi connectivity index (χ1v) is 26.1. The van der Waals surface area contributed by atoms with E-state index >= 15 is 0 Å². The van der Waals surface area contributed by atoms with Gasteiger partial charge in [-0.25, -0.2) is 0 Å². The van der Waals surface area contributed by atoms with Gasteiger partial charge in [0.1, 0.15) is 29.4 Å². The van der Waals surface area contributed by atoms with Gasteiger partial charge in [0.15, 0.2) is 0 Å². The van der Waals surface area contributed by atoms with Crippen LogP contribution in [0.25, 0.3) is 65.4 Å². The first kappa shape index (κ1) is 50.6. The van der Waals surface area contributed by atoms with Crippen molar-refractivity contribution < 1.29 is 97.3 Å². The summed E-state index contributed by atoms with van der Waals surface area (Å²) in [5, 5.41) is 0.569. The quantitative estimate of drug-likeness (QED) is 0.0782. The van der Waals surface area contributed by atoms with Gasteiger partial charge in [0.25, 0.3) is 60.7 Å². The van der Waals surface area contributed by atoms with Crippen LogP contribution in [0.15, 0.2) is 139 Å². The summed E-state index contributed by atoms with van der Waals surface area (Å²) in [7, 11) is -26.8. The zero-order valence-electron chi connectivity index (χ0n) is 32.5. The number of aromatic nitrogens is 6. The van der Waals surface area contributed by atoms with Crippen LogP contribution >= 0.6 is 0 Å². The van der Waals surface area contributed by atoms with E-state index < -0.39 is 60.7 Å². The minimum absolute atomic E-state index is 0. The summed E-state index contributed by atoms with van der Waals surface area (Å²) in [6.07, 6.45) is 6.96. The van der Waals surface area contributed by atoms with E-state index in [-0.39, 0.29) is 114 Å². The maximum atomic E-state index is 11.4. The fourth-order valence-corrected chi connectivity index (χ4v) is 10.7. The van der Waals surface area contributed by atoms with Crippen molar-refractivity contribution in [3.8, 4) is 0 Å². The molecule has 9 aromatic rings. The molecule has 0 bridgehead atoms. The Morgan fingerprint density at radius 3 is 0.463 bits per heavy atom.